The Labute approximate surface area is 544 Å². The van der Waals surface area contributed by atoms with Crippen LogP contribution < -0.4 is 0 Å². The van der Waals surface area contributed by atoms with E-state index in [4.69, 9.17) is 18.9 Å². The summed E-state index contributed by atoms with van der Waals surface area (Å²) in [5.41, 5.74) is 0. The van der Waals surface area contributed by atoms with Gasteiger partial charge in [-0.3, -0.25) is 9.59 Å². The first-order valence-corrected chi connectivity index (χ1v) is 34.2. The molecule has 9 nitrogen and oxygen atoms in total. The van der Waals surface area contributed by atoms with Crippen molar-refractivity contribution in [1.29, 1.82) is 0 Å². The Balaban J connectivity index is 4.32. The minimum Gasteiger partial charge on any atom is -0.477 e. The van der Waals surface area contributed by atoms with Crippen molar-refractivity contribution < 1.29 is 42.9 Å². The van der Waals surface area contributed by atoms with Gasteiger partial charge in [0.2, 0.25) is 0 Å². The predicted octanol–water partition coefficient (Wildman–Crippen LogP) is 21.6. The number of likely N-dealkylation sites (N-methyl/N-ethyl adjacent to an activating group) is 1. The van der Waals surface area contributed by atoms with Crippen molar-refractivity contribution in [2.75, 3.05) is 47.5 Å². The van der Waals surface area contributed by atoms with E-state index in [0.717, 1.165) is 167 Å². The summed E-state index contributed by atoms with van der Waals surface area (Å²) < 4.78 is 22.9. The molecule has 0 heterocycles. The summed E-state index contributed by atoms with van der Waals surface area (Å²) in [6, 6.07) is 0. The van der Waals surface area contributed by atoms with E-state index < -0.39 is 24.3 Å². The van der Waals surface area contributed by atoms with Crippen molar-refractivity contribution in [1.82, 2.24) is 0 Å². The van der Waals surface area contributed by atoms with Gasteiger partial charge >= 0.3 is 17.9 Å². The normalized spacial score (nSPS) is 14.0. The molecule has 0 radical (unpaired) electrons. The number of ether oxygens (including phenoxy) is 4. The summed E-state index contributed by atoms with van der Waals surface area (Å²) in [5, 5.41) is 9.74. The van der Waals surface area contributed by atoms with Crippen molar-refractivity contribution in [3.63, 3.8) is 0 Å². The van der Waals surface area contributed by atoms with Gasteiger partial charge in [-0.1, -0.05) is 265 Å². The maximum Gasteiger partial charge on any atom is 0.361 e. The average Bonchev–Trinajstić information content (AvgIpc) is 3.64. The SMILES string of the molecule is CC/C=C\C/C=C\C/C=C\C/C=C\C/C=C\C/C=C\C/C=C\C/C=C\C/C=C\C/C=C\CCCCCCC(=O)OC(COC(=O)CCCCCCCCC/C=C\C/C=C\C/C=C\C/C=C\C/C=C\C/C=C\C/C=C\CC)COC(OCC[N+](C)(C)C)C(=O)O. The van der Waals surface area contributed by atoms with Crippen LogP contribution in [0, 0.1) is 0 Å². The van der Waals surface area contributed by atoms with Gasteiger partial charge in [-0.05, 0) is 148 Å². The predicted molar refractivity (Wildman–Crippen MR) is 382 cm³/mol. The van der Waals surface area contributed by atoms with Crippen LogP contribution in [0.25, 0.3) is 0 Å². The highest BCUT2D eigenvalue weighted by molar-refractivity contribution is 5.71. The molecular formula is C80H124NO8+. The number of quaternary nitrogens is 1. The first-order chi connectivity index (χ1) is 43.6. The number of rotatable bonds is 60. The van der Waals surface area contributed by atoms with Crippen molar-refractivity contribution in [2.45, 2.75) is 232 Å². The molecule has 0 bridgehead atoms. The van der Waals surface area contributed by atoms with Crippen molar-refractivity contribution in [2.24, 2.45) is 0 Å². The summed E-state index contributed by atoms with van der Waals surface area (Å²) in [4.78, 5) is 37.6. The molecule has 0 fully saturated rings. The lowest BCUT2D eigenvalue weighted by atomic mass is 10.1. The summed E-state index contributed by atoms with van der Waals surface area (Å²) in [5.74, 6) is -2.08. The van der Waals surface area contributed by atoms with Crippen LogP contribution in [0.15, 0.2) is 207 Å². The number of carbonyl (C=O) groups is 3. The number of carbonyl (C=O) groups excluding carboxylic acids is 2. The second-order valence-corrected chi connectivity index (χ2v) is 23.0. The Morgan fingerprint density at radius 1 is 0.337 bits per heavy atom. The van der Waals surface area contributed by atoms with Crippen LogP contribution in [0.3, 0.4) is 0 Å². The lowest BCUT2D eigenvalue weighted by Gasteiger charge is -2.25. The minimum atomic E-state index is -1.54. The molecule has 0 rings (SSSR count). The van der Waals surface area contributed by atoms with Crippen molar-refractivity contribution in [3.05, 3.63) is 207 Å². The molecule has 0 amide bonds. The van der Waals surface area contributed by atoms with Crippen LogP contribution in [-0.4, -0.2) is 87.4 Å². The van der Waals surface area contributed by atoms with Crippen LogP contribution in [0.5, 0.6) is 0 Å². The van der Waals surface area contributed by atoms with E-state index in [1.165, 1.54) is 19.3 Å². The fraction of sp³-hybridized carbons (Fsp3) is 0.537. The van der Waals surface area contributed by atoms with Gasteiger partial charge in [-0.2, -0.15) is 0 Å². The first kappa shape index (κ1) is 82.9. The van der Waals surface area contributed by atoms with Crippen molar-refractivity contribution >= 4 is 17.9 Å². The molecule has 0 aromatic heterocycles. The number of aliphatic carboxylic acids is 1. The van der Waals surface area contributed by atoms with Crippen LogP contribution in [0.2, 0.25) is 0 Å². The number of esters is 2. The molecule has 89 heavy (non-hydrogen) atoms. The van der Waals surface area contributed by atoms with Gasteiger partial charge in [-0.15, -0.1) is 0 Å². The molecule has 496 valence electrons. The van der Waals surface area contributed by atoms with E-state index in [1.54, 1.807) is 0 Å². The molecular weight excluding hydrogens is 1100 g/mol. The fourth-order valence-electron chi connectivity index (χ4n) is 8.37. The van der Waals surface area contributed by atoms with Gasteiger partial charge in [0.05, 0.1) is 34.4 Å². The molecule has 0 aromatic carbocycles. The van der Waals surface area contributed by atoms with E-state index in [1.807, 2.05) is 21.1 Å². The Morgan fingerprint density at radius 3 is 0.899 bits per heavy atom. The quantitative estimate of drug-likeness (QED) is 0.0211. The Kier molecular flexibility index (Phi) is 63.1. The zero-order valence-electron chi connectivity index (χ0n) is 56.5. The number of allylic oxidation sites excluding steroid dienone is 34. The van der Waals surface area contributed by atoms with Gasteiger partial charge in [0.25, 0.3) is 6.29 Å². The first-order valence-electron chi connectivity index (χ1n) is 34.2. The second-order valence-electron chi connectivity index (χ2n) is 23.0. The van der Waals surface area contributed by atoms with Gasteiger partial charge in [0.1, 0.15) is 13.2 Å². The minimum absolute atomic E-state index is 0.168. The van der Waals surface area contributed by atoms with E-state index in [9.17, 15) is 19.5 Å². The third-order valence-corrected chi connectivity index (χ3v) is 13.5. The van der Waals surface area contributed by atoms with E-state index in [0.29, 0.717) is 17.4 Å². The van der Waals surface area contributed by atoms with Gasteiger partial charge in [0, 0.05) is 12.8 Å². The average molecular weight is 1230 g/mol. The number of carboxylic acids is 1. The van der Waals surface area contributed by atoms with Crippen LogP contribution in [0.4, 0.5) is 0 Å². The Hall–Kier alpha value is -6.13. The lowest BCUT2D eigenvalue weighted by Crippen LogP contribution is -2.40. The highest BCUT2D eigenvalue weighted by atomic mass is 16.7. The molecule has 0 aliphatic rings. The molecule has 0 aliphatic carbocycles. The number of nitrogens with zero attached hydrogens (tertiary/aromatic N) is 1. The Bertz CT molecular complexity index is 2210. The van der Waals surface area contributed by atoms with Crippen LogP contribution in [0.1, 0.15) is 219 Å². The zero-order chi connectivity index (χ0) is 64.7. The van der Waals surface area contributed by atoms with Gasteiger partial charge in [-0.25, -0.2) is 4.79 Å². The smallest absolute Gasteiger partial charge is 0.361 e. The summed E-state index contributed by atoms with van der Waals surface area (Å²) >= 11 is 0. The molecule has 1 N–H and O–H groups in total. The fourth-order valence-corrected chi connectivity index (χ4v) is 8.37. The molecule has 0 saturated heterocycles. The zero-order valence-corrected chi connectivity index (χ0v) is 56.5. The molecule has 2 atom stereocenters. The highest BCUT2D eigenvalue weighted by Crippen LogP contribution is 2.13. The largest absolute Gasteiger partial charge is 0.477 e. The molecule has 0 saturated carbocycles. The van der Waals surface area contributed by atoms with E-state index >= 15 is 0 Å². The van der Waals surface area contributed by atoms with E-state index in [-0.39, 0.29) is 38.6 Å². The maximum absolute atomic E-state index is 12.9. The summed E-state index contributed by atoms with van der Waals surface area (Å²) in [6.45, 7) is 4.57. The standard InChI is InChI=1S/C80H123NO8/c1-6-8-10-12-14-16-18-20-22-24-26-28-30-32-34-36-37-38-39-40-41-43-45-47-49-51-53-55-57-59-61-63-65-67-69-71-78(83)89-76(75-88-80(79(84)85)86-73-72-81(3,4)5)74-87-77(82)70-68-66-64-62-60-58-56-54-52-50-48-46-44-42-35-33-31-29-27-25-23-21-19-17-15-13-11-9-7-2/h8-11,14-17,20-23,26-29,32-35,37-38,40-41,44-47,50-53,57,59,76,80H,6-7,12-13,18-19,24-25,30-31,36,39,42-43,48-49,54-56,58,60-75H2,1-5H3/p+1/b10-8-,11-9-,16-14-,17-15-,22-20-,23-21-,28-26-,29-27-,34-32-,35-33-,38-37-,41-40-,46-44-,47-45-,52-50-,53-51-,59-57-. The molecule has 0 aliphatic heterocycles. The molecule has 0 aromatic rings. The van der Waals surface area contributed by atoms with Gasteiger partial charge in [0.15, 0.2) is 6.10 Å². The summed E-state index contributed by atoms with van der Waals surface area (Å²) in [6.07, 6.45) is 103. The third kappa shape index (κ3) is 69.2. The molecule has 2 unspecified atom stereocenters. The van der Waals surface area contributed by atoms with Crippen LogP contribution >= 0.6 is 0 Å². The highest BCUT2D eigenvalue weighted by Gasteiger charge is 2.25. The maximum atomic E-state index is 12.9. The van der Waals surface area contributed by atoms with Gasteiger partial charge < -0.3 is 28.5 Å². The monoisotopic (exact) mass is 1230 g/mol. The molecule has 9 heteroatoms. The summed E-state index contributed by atoms with van der Waals surface area (Å²) in [7, 11) is 5.94. The second kappa shape index (κ2) is 67.8. The van der Waals surface area contributed by atoms with E-state index in [2.05, 4.69) is 220 Å². The van der Waals surface area contributed by atoms with Crippen molar-refractivity contribution in [3.8, 4) is 0 Å². The number of hydrogen-bond donors (Lipinski definition) is 1. The topological polar surface area (TPSA) is 108 Å². The number of carboxylic acid groups (broad SMARTS) is 1. The lowest BCUT2D eigenvalue weighted by molar-refractivity contribution is -0.870. The van der Waals surface area contributed by atoms with Crippen LogP contribution in [-0.2, 0) is 33.3 Å². The Morgan fingerprint density at radius 2 is 0.607 bits per heavy atom. The molecule has 0 spiro atoms. The number of hydrogen-bond acceptors (Lipinski definition) is 7. The third-order valence-electron chi connectivity index (χ3n) is 13.5. The number of unbranched alkanes of at least 4 members (excludes halogenated alkanes) is 11.